The van der Waals surface area contributed by atoms with E-state index in [2.05, 4.69) is 23.6 Å². The van der Waals surface area contributed by atoms with E-state index in [0.717, 1.165) is 57.9 Å². The molecular weight excluding hydrogens is 374 g/mol. The second-order valence-corrected chi connectivity index (χ2v) is 10.5. The number of ether oxygens (including phenoxy) is 1. The van der Waals surface area contributed by atoms with Crippen molar-refractivity contribution in [2.45, 2.75) is 38.2 Å². The fraction of sp³-hybridized carbons (Fsp3) is 0.714. The molecule has 0 bridgehead atoms. The quantitative estimate of drug-likeness (QED) is 0.720. The predicted octanol–water partition coefficient (Wildman–Crippen LogP) is 2.05. The van der Waals surface area contributed by atoms with Gasteiger partial charge in [-0.2, -0.15) is 4.31 Å². The van der Waals surface area contributed by atoms with Gasteiger partial charge in [-0.25, -0.2) is 8.42 Å². The van der Waals surface area contributed by atoms with Crippen molar-refractivity contribution < 1.29 is 13.2 Å². The zero-order valence-corrected chi connectivity index (χ0v) is 18.3. The number of benzene rings is 1. The highest BCUT2D eigenvalue weighted by atomic mass is 32.2. The van der Waals surface area contributed by atoms with Crippen molar-refractivity contribution in [3.63, 3.8) is 0 Å². The summed E-state index contributed by atoms with van der Waals surface area (Å²) >= 11 is 0. The second-order valence-electron chi connectivity index (χ2n) is 8.52. The lowest BCUT2D eigenvalue weighted by Crippen LogP contribution is -2.49. The zero-order chi connectivity index (χ0) is 20.1. The van der Waals surface area contributed by atoms with Crippen LogP contribution in [0, 0.1) is 12.8 Å². The third-order valence-corrected chi connectivity index (χ3v) is 7.43. The minimum Gasteiger partial charge on any atom is -0.374 e. The highest BCUT2D eigenvalue weighted by Gasteiger charge is 2.29. The highest BCUT2D eigenvalue weighted by molar-refractivity contribution is 7.89. The van der Waals surface area contributed by atoms with Crippen LogP contribution in [0.5, 0.6) is 0 Å². The van der Waals surface area contributed by atoms with Gasteiger partial charge in [0.25, 0.3) is 0 Å². The predicted molar refractivity (Wildman–Crippen MR) is 112 cm³/mol. The summed E-state index contributed by atoms with van der Waals surface area (Å²) in [4.78, 5) is 5.26. The molecule has 1 atom stereocenters. The second kappa shape index (κ2) is 9.67. The van der Waals surface area contributed by atoms with Crippen LogP contribution in [-0.2, 0) is 14.8 Å². The molecule has 3 rings (SSSR count). The molecule has 0 amide bonds. The molecule has 0 aromatic heterocycles. The number of hydrogen-bond donors (Lipinski definition) is 0. The number of sulfonamides is 1. The average molecular weight is 410 g/mol. The first-order valence-electron chi connectivity index (χ1n) is 10.5. The lowest BCUT2D eigenvalue weighted by atomic mass is 10.1. The molecule has 2 fully saturated rings. The Morgan fingerprint density at radius 3 is 2.50 bits per heavy atom. The van der Waals surface area contributed by atoms with E-state index in [-0.39, 0.29) is 6.10 Å². The Morgan fingerprint density at radius 2 is 1.79 bits per heavy atom. The summed E-state index contributed by atoms with van der Waals surface area (Å²) in [5, 5.41) is 0. The fourth-order valence-corrected chi connectivity index (χ4v) is 5.56. The Morgan fingerprint density at radius 1 is 1.04 bits per heavy atom. The van der Waals surface area contributed by atoms with Crippen molar-refractivity contribution in [2.24, 2.45) is 5.92 Å². The van der Waals surface area contributed by atoms with Crippen LogP contribution in [0.3, 0.4) is 0 Å². The first kappa shape index (κ1) is 21.7. The van der Waals surface area contributed by atoms with E-state index in [9.17, 15) is 8.42 Å². The molecule has 0 N–H and O–H groups in total. The van der Waals surface area contributed by atoms with E-state index in [1.807, 2.05) is 19.1 Å². The Kier molecular flexibility index (Phi) is 7.50. The molecule has 0 aliphatic carbocycles. The van der Waals surface area contributed by atoms with Crippen LogP contribution < -0.4 is 0 Å². The van der Waals surface area contributed by atoms with Gasteiger partial charge in [-0.3, -0.25) is 9.80 Å². The van der Waals surface area contributed by atoms with Crippen LogP contribution in [0.25, 0.3) is 0 Å². The molecule has 2 aliphatic rings. The van der Waals surface area contributed by atoms with Gasteiger partial charge in [0.05, 0.1) is 17.6 Å². The molecule has 1 aromatic carbocycles. The summed E-state index contributed by atoms with van der Waals surface area (Å²) in [6, 6.07) is 7.15. The molecule has 2 aliphatic heterocycles. The third-order valence-electron chi connectivity index (χ3n) is 5.51. The lowest BCUT2D eigenvalue weighted by Gasteiger charge is -2.36. The molecule has 2 saturated heterocycles. The van der Waals surface area contributed by atoms with Gasteiger partial charge >= 0.3 is 0 Å². The summed E-state index contributed by atoms with van der Waals surface area (Å²) in [7, 11) is -3.41. The van der Waals surface area contributed by atoms with E-state index < -0.39 is 10.0 Å². The van der Waals surface area contributed by atoms with Crippen molar-refractivity contribution >= 4 is 10.0 Å². The van der Waals surface area contributed by atoms with Gasteiger partial charge in [0.2, 0.25) is 10.0 Å². The van der Waals surface area contributed by atoms with Gasteiger partial charge < -0.3 is 4.74 Å². The van der Waals surface area contributed by atoms with Crippen LogP contribution >= 0.6 is 0 Å². The standard InChI is InChI=1S/C21H35N3O3S/c1-18(2)15-23-13-14-27-20(17-23)16-22-9-4-10-24(12-11-22)28(25,26)21-7-5-19(3)6-8-21/h5-8,18,20H,4,9-17H2,1-3H3/t20-/m0/s1. The molecule has 1 aromatic rings. The third kappa shape index (κ3) is 5.76. The van der Waals surface area contributed by atoms with E-state index in [1.165, 1.54) is 0 Å². The molecular formula is C21H35N3O3S. The fourth-order valence-electron chi connectivity index (χ4n) is 4.09. The lowest BCUT2D eigenvalue weighted by molar-refractivity contribution is -0.0454. The smallest absolute Gasteiger partial charge is 0.243 e. The number of nitrogens with zero attached hydrogens (tertiary/aromatic N) is 3. The normalized spacial score (nSPS) is 23.8. The average Bonchev–Trinajstić information content (AvgIpc) is 2.88. The highest BCUT2D eigenvalue weighted by Crippen LogP contribution is 2.19. The van der Waals surface area contributed by atoms with Gasteiger partial charge in [0.15, 0.2) is 0 Å². The Hall–Kier alpha value is -0.990. The maximum absolute atomic E-state index is 13.0. The summed E-state index contributed by atoms with van der Waals surface area (Å²) in [5.74, 6) is 0.664. The minimum absolute atomic E-state index is 0.216. The van der Waals surface area contributed by atoms with Crippen molar-refractivity contribution in [1.82, 2.24) is 14.1 Å². The minimum atomic E-state index is -3.41. The number of aryl methyl sites for hydroxylation is 1. The topological polar surface area (TPSA) is 53.1 Å². The van der Waals surface area contributed by atoms with Gasteiger partial charge in [-0.15, -0.1) is 0 Å². The van der Waals surface area contributed by atoms with Crippen molar-refractivity contribution in [1.29, 1.82) is 0 Å². The van der Waals surface area contributed by atoms with Crippen LogP contribution in [0.15, 0.2) is 29.2 Å². The molecule has 2 heterocycles. The van der Waals surface area contributed by atoms with Gasteiger partial charge in [0.1, 0.15) is 0 Å². The summed E-state index contributed by atoms with van der Waals surface area (Å²) < 4.78 is 33.6. The van der Waals surface area contributed by atoms with E-state index >= 15 is 0 Å². The summed E-state index contributed by atoms with van der Waals surface area (Å²) in [6.07, 6.45) is 1.07. The molecule has 0 spiro atoms. The Labute approximate surface area is 170 Å². The van der Waals surface area contributed by atoms with Crippen LogP contribution in [-0.4, -0.2) is 87.6 Å². The van der Waals surface area contributed by atoms with Gasteiger partial charge in [-0.1, -0.05) is 31.5 Å². The molecule has 7 heteroatoms. The molecule has 0 radical (unpaired) electrons. The van der Waals surface area contributed by atoms with E-state index in [4.69, 9.17) is 4.74 Å². The largest absolute Gasteiger partial charge is 0.374 e. The van der Waals surface area contributed by atoms with Crippen LogP contribution in [0.2, 0.25) is 0 Å². The molecule has 0 unspecified atom stereocenters. The Bertz CT molecular complexity index is 721. The molecule has 6 nitrogen and oxygen atoms in total. The zero-order valence-electron chi connectivity index (χ0n) is 17.5. The van der Waals surface area contributed by atoms with Crippen molar-refractivity contribution in [3.05, 3.63) is 29.8 Å². The molecule has 0 saturated carbocycles. The van der Waals surface area contributed by atoms with Crippen molar-refractivity contribution in [2.75, 3.05) is 59.0 Å². The monoisotopic (exact) mass is 409 g/mol. The van der Waals surface area contributed by atoms with Gasteiger partial charge in [0, 0.05) is 45.8 Å². The summed E-state index contributed by atoms with van der Waals surface area (Å²) in [6.45, 7) is 14.0. The van der Waals surface area contributed by atoms with E-state index in [1.54, 1.807) is 16.4 Å². The number of hydrogen-bond acceptors (Lipinski definition) is 5. The number of morpholine rings is 1. The van der Waals surface area contributed by atoms with Crippen LogP contribution in [0.4, 0.5) is 0 Å². The SMILES string of the molecule is Cc1ccc(S(=O)(=O)N2CCCN(C[C@H]3CN(CC(C)C)CCO3)CC2)cc1. The first-order chi connectivity index (χ1) is 13.3. The maximum Gasteiger partial charge on any atom is 0.243 e. The summed E-state index contributed by atoms with van der Waals surface area (Å²) in [5.41, 5.74) is 1.07. The number of rotatable bonds is 6. The van der Waals surface area contributed by atoms with E-state index in [0.29, 0.717) is 23.9 Å². The van der Waals surface area contributed by atoms with Crippen molar-refractivity contribution in [3.8, 4) is 0 Å². The molecule has 28 heavy (non-hydrogen) atoms. The molecule has 158 valence electrons. The van der Waals surface area contributed by atoms with Gasteiger partial charge in [-0.05, 0) is 37.9 Å². The maximum atomic E-state index is 13.0. The Balaban J connectivity index is 1.55. The first-order valence-corrected chi connectivity index (χ1v) is 11.9. The van der Waals surface area contributed by atoms with Crippen LogP contribution in [0.1, 0.15) is 25.8 Å².